The number of carbonyl (C=O) groups is 1. The Morgan fingerprint density at radius 2 is 1.89 bits per heavy atom. The van der Waals surface area contributed by atoms with Crippen LogP contribution in [0.2, 0.25) is 0 Å². The molecule has 0 rings (SSSR count). The van der Waals surface area contributed by atoms with Gasteiger partial charge in [-0.3, -0.25) is 9.35 Å². The Morgan fingerprint density at radius 3 is 2.17 bits per heavy atom. The van der Waals surface area contributed by atoms with Gasteiger partial charge >= 0.3 is 12.1 Å². The SMILES string of the molecule is CCC(C)(Br)C(=O)OC(CS(=O)(=O)O)C(F)(F)F. The quantitative estimate of drug-likeness (QED) is 0.462. The lowest BCUT2D eigenvalue weighted by Gasteiger charge is -2.24. The lowest BCUT2D eigenvalue weighted by atomic mass is 10.1. The molecule has 0 aliphatic heterocycles. The second kappa shape index (κ2) is 5.74. The van der Waals surface area contributed by atoms with Crippen LogP contribution in [0.4, 0.5) is 13.2 Å². The summed E-state index contributed by atoms with van der Waals surface area (Å²) >= 11 is 2.87. The zero-order valence-electron chi connectivity index (χ0n) is 9.49. The zero-order valence-corrected chi connectivity index (χ0v) is 11.9. The monoisotopic (exact) mass is 356 g/mol. The van der Waals surface area contributed by atoms with E-state index in [9.17, 15) is 26.4 Å². The van der Waals surface area contributed by atoms with Gasteiger partial charge < -0.3 is 4.74 Å². The molecule has 0 spiro atoms. The molecule has 2 unspecified atom stereocenters. The third-order valence-electron chi connectivity index (χ3n) is 2.07. The average Bonchev–Trinajstić information content (AvgIpc) is 2.13. The Labute approximate surface area is 111 Å². The van der Waals surface area contributed by atoms with Crippen molar-refractivity contribution in [2.24, 2.45) is 0 Å². The van der Waals surface area contributed by atoms with Crippen LogP contribution in [-0.2, 0) is 19.6 Å². The number of carbonyl (C=O) groups excluding carboxylic acids is 1. The fourth-order valence-corrected chi connectivity index (χ4v) is 1.52. The molecular weight excluding hydrogens is 345 g/mol. The van der Waals surface area contributed by atoms with Crippen molar-refractivity contribution in [2.45, 2.75) is 36.9 Å². The largest absolute Gasteiger partial charge is 0.450 e. The van der Waals surface area contributed by atoms with Crippen LogP contribution in [0.1, 0.15) is 20.3 Å². The number of ether oxygens (including phenoxy) is 1. The molecule has 0 saturated heterocycles. The molecular formula is C8H12BrF3O5S. The molecule has 0 aliphatic carbocycles. The standard InChI is InChI=1S/C8H12BrF3O5S/c1-3-7(2,9)6(13)17-5(8(10,11)12)4-18(14,15)16/h5H,3-4H2,1-2H3,(H,14,15,16). The predicted octanol–water partition coefficient (Wildman–Crippen LogP) is 1.91. The van der Waals surface area contributed by atoms with Crippen LogP contribution >= 0.6 is 15.9 Å². The van der Waals surface area contributed by atoms with Crippen molar-refractivity contribution in [3.63, 3.8) is 0 Å². The maximum absolute atomic E-state index is 12.4. The minimum atomic E-state index is -5.08. The van der Waals surface area contributed by atoms with Crippen LogP contribution in [0.25, 0.3) is 0 Å². The number of hydrogen-bond donors (Lipinski definition) is 1. The summed E-state index contributed by atoms with van der Waals surface area (Å²) in [6.45, 7) is 2.82. The van der Waals surface area contributed by atoms with Gasteiger partial charge in [0.2, 0.25) is 6.10 Å². The molecule has 0 aromatic carbocycles. The molecule has 1 N–H and O–H groups in total. The van der Waals surface area contributed by atoms with Crippen LogP contribution < -0.4 is 0 Å². The summed E-state index contributed by atoms with van der Waals surface area (Å²) in [4.78, 5) is 11.4. The molecule has 0 saturated carbocycles. The number of hydrogen-bond acceptors (Lipinski definition) is 4. The van der Waals surface area contributed by atoms with Gasteiger partial charge in [0.15, 0.2) is 0 Å². The lowest BCUT2D eigenvalue weighted by molar-refractivity contribution is -0.216. The van der Waals surface area contributed by atoms with Gasteiger partial charge in [-0.25, -0.2) is 0 Å². The first-order valence-electron chi connectivity index (χ1n) is 4.71. The number of rotatable bonds is 5. The van der Waals surface area contributed by atoms with Crippen LogP contribution in [0.3, 0.4) is 0 Å². The maximum atomic E-state index is 12.4. The highest BCUT2D eigenvalue weighted by molar-refractivity contribution is 9.10. The second-order valence-corrected chi connectivity index (χ2v) is 6.98. The molecule has 0 aromatic heterocycles. The van der Waals surface area contributed by atoms with Gasteiger partial charge in [-0.2, -0.15) is 21.6 Å². The third-order valence-corrected chi connectivity index (χ3v) is 3.67. The molecule has 0 bridgehead atoms. The fraction of sp³-hybridized carbons (Fsp3) is 0.875. The fourth-order valence-electron chi connectivity index (χ4n) is 0.783. The van der Waals surface area contributed by atoms with Crippen molar-refractivity contribution in [2.75, 3.05) is 5.75 Å². The van der Waals surface area contributed by atoms with E-state index >= 15 is 0 Å². The number of alkyl halides is 4. The first-order chi connectivity index (χ1) is 7.79. The highest BCUT2D eigenvalue weighted by Gasteiger charge is 2.47. The van der Waals surface area contributed by atoms with Crippen LogP contribution in [0.15, 0.2) is 0 Å². The Bertz CT molecular complexity index is 403. The minimum absolute atomic E-state index is 0.141. The zero-order chi connectivity index (χ0) is 14.8. The second-order valence-electron chi connectivity index (χ2n) is 3.74. The van der Waals surface area contributed by atoms with E-state index < -0.39 is 38.4 Å². The summed E-state index contributed by atoms with van der Waals surface area (Å²) in [6.07, 6.45) is -7.84. The summed E-state index contributed by atoms with van der Waals surface area (Å²) in [5.41, 5.74) is 0. The summed E-state index contributed by atoms with van der Waals surface area (Å²) in [7, 11) is -4.92. The molecule has 0 radical (unpaired) electrons. The third kappa shape index (κ3) is 6.01. The van der Waals surface area contributed by atoms with Crippen molar-refractivity contribution in [1.82, 2.24) is 0 Å². The summed E-state index contributed by atoms with van der Waals surface area (Å²) < 4.78 is 69.3. The smallest absolute Gasteiger partial charge is 0.426 e. The molecule has 0 heterocycles. The molecule has 0 fully saturated rings. The Morgan fingerprint density at radius 1 is 1.44 bits per heavy atom. The first-order valence-corrected chi connectivity index (χ1v) is 7.11. The average molecular weight is 357 g/mol. The number of halogens is 4. The molecule has 0 aliphatic rings. The van der Waals surface area contributed by atoms with E-state index in [0.29, 0.717) is 0 Å². The van der Waals surface area contributed by atoms with Gasteiger partial charge in [-0.05, 0) is 13.3 Å². The highest BCUT2D eigenvalue weighted by atomic mass is 79.9. The van der Waals surface area contributed by atoms with E-state index in [1.165, 1.54) is 13.8 Å². The van der Waals surface area contributed by atoms with Gasteiger partial charge in [-0.1, -0.05) is 22.9 Å². The highest BCUT2D eigenvalue weighted by Crippen LogP contribution is 2.29. The number of esters is 1. The summed E-state index contributed by atoms with van der Waals surface area (Å²) in [6, 6.07) is 0. The van der Waals surface area contributed by atoms with E-state index in [1.807, 2.05) is 0 Å². The summed E-state index contributed by atoms with van der Waals surface area (Å²) in [5, 5.41) is 0. The minimum Gasteiger partial charge on any atom is -0.450 e. The molecule has 0 aromatic rings. The van der Waals surface area contributed by atoms with E-state index in [2.05, 4.69) is 20.7 Å². The summed E-state index contributed by atoms with van der Waals surface area (Å²) in [5.74, 6) is -2.98. The van der Waals surface area contributed by atoms with Crippen molar-refractivity contribution < 1.29 is 35.7 Å². The van der Waals surface area contributed by atoms with Crippen molar-refractivity contribution in [1.29, 1.82) is 0 Å². The van der Waals surface area contributed by atoms with Gasteiger partial charge in [0.25, 0.3) is 10.1 Å². The van der Waals surface area contributed by atoms with Gasteiger partial charge in [0, 0.05) is 0 Å². The van der Waals surface area contributed by atoms with Crippen LogP contribution in [0, 0.1) is 0 Å². The van der Waals surface area contributed by atoms with Crippen molar-refractivity contribution in [3.8, 4) is 0 Å². The van der Waals surface area contributed by atoms with Crippen molar-refractivity contribution in [3.05, 3.63) is 0 Å². The molecule has 108 valence electrons. The van der Waals surface area contributed by atoms with Gasteiger partial charge in [0.1, 0.15) is 10.1 Å². The molecule has 2 atom stereocenters. The Balaban J connectivity index is 5.00. The topological polar surface area (TPSA) is 80.7 Å². The molecule has 0 amide bonds. The molecule has 18 heavy (non-hydrogen) atoms. The normalized spacial score (nSPS) is 17.9. The lowest BCUT2D eigenvalue weighted by Crippen LogP contribution is -2.43. The van der Waals surface area contributed by atoms with E-state index in [4.69, 9.17) is 4.55 Å². The predicted molar refractivity (Wildman–Crippen MR) is 60.0 cm³/mol. The maximum Gasteiger partial charge on any atom is 0.426 e. The Kier molecular flexibility index (Phi) is 5.63. The molecule has 5 nitrogen and oxygen atoms in total. The Hall–Kier alpha value is -0.350. The van der Waals surface area contributed by atoms with Crippen LogP contribution in [0.5, 0.6) is 0 Å². The van der Waals surface area contributed by atoms with Crippen LogP contribution in [-0.4, -0.2) is 41.3 Å². The van der Waals surface area contributed by atoms with Gasteiger partial charge in [-0.15, -0.1) is 0 Å². The van der Waals surface area contributed by atoms with E-state index in [1.54, 1.807) is 0 Å². The van der Waals surface area contributed by atoms with Gasteiger partial charge in [0.05, 0.1) is 0 Å². The first kappa shape index (κ1) is 17.6. The van der Waals surface area contributed by atoms with E-state index in [0.717, 1.165) is 0 Å². The molecule has 10 heteroatoms. The van der Waals surface area contributed by atoms with Crippen molar-refractivity contribution >= 4 is 32.0 Å². The van der Waals surface area contributed by atoms with E-state index in [-0.39, 0.29) is 6.42 Å².